The van der Waals surface area contributed by atoms with Crippen LogP contribution in [0.1, 0.15) is 20.1 Å². The Hall–Kier alpha value is -2.44. The van der Waals surface area contributed by atoms with Crippen molar-refractivity contribution >= 4 is 17.2 Å². The molecule has 8 heteroatoms. The Bertz CT molecular complexity index is 690. The lowest BCUT2D eigenvalue weighted by Gasteiger charge is -2.06. The van der Waals surface area contributed by atoms with Gasteiger partial charge < -0.3 is 5.32 Å². The molecule has 0 radical (unpaired) electrons. The zero-order valence-electron chi connectivity index (χ0n) is 10.7. The maximum absolute atomic E-state index is 13.4. The lowest BCUT2D eigenvalue weighted by Crippen LogP contribution is -2.23. The minimum absolute atomic E-state index is 0.163. The van der Waals surface area contributed by atoms with Crippen molar-refractivity contribution in [1.29, 1.82) is 0 Å². The number of hydrogen-bond donors (Lipinski definition) is 1. The number of rotatable bonds is 5. The first kappa shape index (κ1) is 15.0. The van der Waals surface area contributed by atoms with Crippen LogP contribution in [-0.2, 0) is 13.1 Å². The third-order valence-corrected chi connectivity index (χ3v) is 3.73. The third-order valence-electron chi connectivity index (χ3n) is 2.66. The molecule has 2 aromatic rings. The van der Waals surface area contributed by atoms with Crippen molar-refractivity contribution in [3.63, 3.8) is 0 Å². The number of carbonyl (C=O) groups is 1. The summed E-state index contributed by atoms with van der Waals surface area (Å²) in [5, 5.41) is 5.85. The Morgan fingerprint density at radius 1 is 1.29 bits per heavy atom. The van der Waals surface area contributed by atoms with Gasteiger partial charge in [-0.15, -0.1) is 11.3 Å². The normalized spacial score (nSPS) is 10.0. The molecule has 0 saturated heterocycles. The van der Waals surface area contributed by atoms with Gasteiger partial charge in [-0.25, -0.2) is 8.78 Å². The molecule has 1 aromatic heterocycles. The first-order chi connectivity index (χ1) is 10.1. The number of halogens is 2. The second-order valence-corrected chi connectivity index (χ2v) is 5.21. The van der Waals surface area contributed by atoms with E-state index in [1.165, 1.54) is 6.07 Å². The maximum atomic E-state index is 13.4. The van der Waals surface area contributed by atoms with Gasteiger partial charge in [0, 0.05) is 21.9 Å². The van der Waals surface area contributed by atoms with Crippen LogP contribution < -0.4 is 5.32 Å². The topological polar surface area (TPSA) is 77.9 Å². The summed E-state index contributed by atoms with van der Waals surface area (Å²) in [6.45, 7) is -0.0721. The molecule has 5 nitrogen and oxygen atoms in total. The number of hydrogen-bond acceptors (Lipinski definition) is 3. The molecule has 108 valence electrons. The van der Waals surface area contributed by atoms with Gasteiger partial charge in [0.15, 0.2) is 0 Å². The van der Waals surface area contributed by atoms with Gasteiger partial charge in [-0.1, -0.05) is 11.2 Å². The van der Waals surface area contributed by atoms with Crippen molar-refractivity contribution in [3.8, 4) is 0 Å². The molecule has 0 fully saturated rings. The lowest BCUT2D eigenvalue weighted by molar-refractivity contribution is 0.0954. The molecule has 1 amide bonds. The average molecular weight is 308 g/mol. The Balaban J connectivity index is 2.01. The van der Waals surface area contributed by atoms with Crippen LogP contribution in [0.3, 0.4) is 0 Å². The zero-order chi connectivity index (χ0) is 15.2. The van der Waals surface area contributed by atoms with E-state index < -0.39 is 17.5 Å². The maximum Gasteiger partial charge on any atom is 0.261 e. The number of benzene rings is 1. The van der Waals surface area contributed by atoms with Crippen LogP contribution in [0.15, 0.2) is 35.4 Å². The molecule has 0 atom stereocenters. The van der Waals surface area contributed by atoms with E-state index in [4.69, 9.17) is 5.53 Å². The largest absolute Gasteiger partial charge is 0.347 e. The fourth-order valence-electron chi connectivity index (χ4n) is 1.64. The number of nitrogens with zero attached hydrogens (tertiary/aromatic N) is 3. The number of azide groups is 1. The van der Waals surface area contributed by atoms with Crippen LogP contribution in [-0.4, -0.2) is 5.91 Å². The molecule has 21 heavy (non-hydrogen) atoms. The van der Waals surface area contributed by atoms with E-state index in [2.05, 4.69) is 15.3 Å². The summed E-state index contributed by atoms with van der Waals surface area (Å²) in [5.74, 6) is -1.84. The molecule has 0 bridgehead atoms. The highest BCUT2D eigenvalue weighted by molar-refractivity contribution is 7.14. The Kier molecular flexibility index (Phi) is 4.86. The number of carbonyl (C=O) groups excluding carboxylic acids is 1. The molecule has 1 aromatic carbocycles. The molecule has 0 aliphatic rings. The summed E-state index contributed by atoms with van der Waals surface area (Å²) in [5.41, 5.74) is 8.03. The van der Waals surface area contributed by atoms with Crippen LogP contribution in [0.25, 0.3) is 10.4 Å². The molecular formula is C13H10F2N4OS. The Labute approximate surface area is 122 Å². The van der Waals surface area contributed by atoms with Gasteiger partial charge in [-0.3, -0.25) is 4.79 Å². The second-order valence-electron chi connectivity index (χ2n) is 4.04. The molecular weight excluding hydrogens is 298 g/mol. The van der Waals surface area contributed by atoms with Crippen molar-refractivity contribution in [2.24, 2.45) is 5.11 Å². The van der Waals surface area contributed by atoms with Gasteiger partial charge in [0.1, 0.15) is 11.6 Å². The van der Waals surface area contributed by atoms with E-state index in [9.17, 15) is 13.6 Å². The monoisotopic (exact) mass is 308 g/mol. The van der Waals surface area contributed by atoms with Gasteiger partial charge in [0.25, 0.3) is 5.91 Å². The van der Waals surface area contributed by atoms with Crippen LogP contribution >= 0.6 is 11.3 Å². The SMILES string of the molecule is [N-]=[N+]=NCc1ccc(C(=O)NCc2c(F)cccc2F)s1. The van der Waals surface area contributed by atoms with Crippen LogP contribution in [0.2, 0.25) is 0 Å². The summed E-state index contributed by atoms with van der Waals surface area (Å²) in [7, 11) is 0. The number of nitrogens with one attached hydrogen (secondary N) is 1. The van der Waals surface area contributed by atoms with E-state index >= 15 is 0 Å². The molecule has 0 aliphatic carbocycles. The van der Waals surface area contributed by atoms with Crippen molar-refractivity contribution in [2.45, 2.75) is 13.1 Å². The van der Waals surface area contributed by atoms with Gasteiger partial charge in [-0.05, 0) is 29.8 Å². The zero-order valence-corrected chi connectivity index (χ0v) is 11.5. The fourth-order valence-corrected chi connectivity index (χ4v) is 2.49. The first-order valence-corrected chi connectivity index (χ1v) is 6.74. The van der Waals surface area contributed by atoms with Gasteiger partial charge in [0.2, 0.25) is 0 Å². The highest BCUT2D eigenvalue weighted by Gasteiger charge is 2.12. The molecule has 1 N–H and O–H groups in total. The number of thiophene rings is 1. The van der Waals surface area contributed by atoms with Gasteiger partial charge in [-0.2, -0.15) is 0 Å². The van der Waals surface area contributed by atoms with Gasteiger partial charge in [0.05, 0.1) is 11.4 Å². The summed E-state index contributed by atoms with van der Waals surface area (Å²) >= 11 is 1.16. The predicted octanol–water partition coefficient (Wildman–Crippen LogP) is 3.77. The molecule has 0 aliphatic heterocycles. The second kappa shape index (κ2) is 6.83. The summed E-state index contributed by atoms with van der Waals surface area (Å²) in [4.78, 5) is 15.6. The summed E-state index contributed by atoms with van der Waals surface area (Å²) < 4.78 is 26.8. The summed E-state index contributed by atoms with van der Waals surface area (Å²) in [6.07, 6.45) is 0. The van der Waals surface area contributed by atoms with Crippen molar-refractivity contribution in [2.75, 3.05) is 0 Å². The Morgan fingerprint density at radius 3 is 2.67 bits per heavy atom. The fraction of sp³-hybridized carbons (Fsp3) is 0.154. The van der Waals surface area contributed by atoms with E-state index in [-0.39, 0.29) is 18.7 Å². The molecule has 0 spiro atoms. The van der Waals surface area contributed by atoms with Crippen molar-refractivity contribution in [3.05, 3.63) is 67.7 Å². The molecule has 0 unspecified atom stereocenters. The number of amides is 1. The van der Waals surface area contributed by atoms with Crippen LogP contribution in [0, 0.1) is 11.6 Å². The van der Waals surface area contributed by atoms with E-state index in [0.717, 1.165) is 28.3 Å². The minimum atomic E-state index is -0.703. The van der Waals surface area contributed by atoms with E-state index in [0.29, 0.717) is 4.88 Å². The van der Waals surface area contributed by atoms with Crippen molar-refractivity contribution in [1.82, 2.24) is 5.32 Å². The molecule has 0 saturated carbocycles. The highest BCUT2D eigenvalue weighted by Crippen LogP contribution is 2.18. The van der Waals surface area contributed by atoms with Crippen LogP contribution in [0.4, 0.5) is 8.78 Å². The third kappa shape index (κ3) is 3.77. The standard InChI is InChI=1S/C13H10F2N4OS/c14-10-2-1-3-11(15)9(10)7-17-13(20)12-5-4-8(21-12)6-18-19-16/h1-5H,6-7H2,(H,17,20). The van der Waals surface area contributed by atoms with E-state index in [1.807, 2.05) is 0 Å². The summed E-state index contributed by atoms with van der Waals surface area (Å²) in [6, 6.07) is 6.76. The highest BCUT2D eigenvalue weighted by atomic mass is 32.1. The lowest BCUT2D eigenvalue weighted by atomic mass is 10.2. The van der Waals surface area contributed by atoms with E-state index in [1.54, 1.807) is 12.1 Å². The van der Waals surface area contributed by atoms with Gasteiger partial charge >= 0.3 is 0 Å². The minimum Gasteiger partial charge on any atom is -0.347 e. The average Bonchev–Trinajstić information content (AvgIpc) is 2.93. The molecule has 2 rings (SSSR count). The molecule has 1 heterocycles. The quantitative estimate of drug-likeness (QED) is 0.509. The van der Waals surface area contributed by atoms with Crippen molar-refractivity contribution < 1.29 is 13.6 Å². The predicted molar refractivity (Wildman–Crippen MR) is 74.7 cm³/mol. The smallest absolute Gasteiger partial charge is 0.261 e. The Morgan fingerprint density at radius 2 is 2.00 bits per heavy atom. The van der Waals surface area contributed by atoms with Crippen LogP contribution in [0.5, 0.6) is 0 Å². The first-order valence-electron chi connectivity index (χ1n) is 5.92.